The number of thioether (sulfide) groups is 1. The molecule has 1 aromatic rings. The fourth-order valence-corrected chi connectivity index (χ4v) is 2.07. The predicted molar refractivity (Wildman–Crippen MR) is 68.8 cm³/mol. The van der Waals surface area contributed by atoms with Crippen molar-refractivity contribution in [2.75, 3.05) is 11.6 Å². The molecule has 92 valence electrons. The Morgan fingerprint density at radius 1 is 1.59 bits per heavy atom. The molecule has 0 spiro atoms. The van der Waals surface area contributed by atoms with Crippen molar-refractivity contribution in [1.82, 2.24) is 0 Å². The number of benzene rings is 1. The van der Waals surface area contributed by atoms with Crippen molar-refractivity contribution in [3.05, 3.63) is 27.3 Å². The van der Waals surface area contributed by atoms with Gasteiger partial charge in [0, 0.05) is 17.4 Å². The van der Waals surface area contributed by atoms with Gasteiger partial charge in [-0.3, -0.25) is 14.9 Å². The third kappa shape index (κ3) is 3.34. The van der Waals surface area contributed by atoms with Gasteiger partial charge in [0.05, 0.1) is 9.95 Å². The van der Waals surface area contributed by atoms with Gasteiger partial charge in [0.1, 0.15) is 5.69 Å². The number of hydrogen-bond acceptors (Lipinski definition) is 4. The molecule has 0 aliphatic carbocycles. The molecule has 7 heteroatoms. The highest BCUT2D eigenvalue weighted by Gasteiger charge is 2.18. The van der Waals surface area contributed by atoms with Gasteiger partial charge in [0.2, 0.25) is 5.91 Å². The summed E-state index contributed by atoms with van der Waals surface area (Å²) in [6, 6.07) is 2.76. The van der Waals surface area contributed by atoms with Gasteiger partial charge in [-0.25, -0.2) is 0 Å². The summed E-state index contributed by atoms with van der Waals surface area (Å²) in [5.74, 6) is -0.275. The zero-order valence-corrected chi connectivity index (χ0v) is 10.9. The molecule has 0 aromatic heterocycles. The molecule has 0 atom stereocenters. The average molecular weight is 275 g/mol. The van der Waals surface area contributed by atoms with Crippen LogP contribution < -0.4 is 5.32 Å². The molecular formula is C10H11ClN2O3S. The van der Waals surface area contributed by atoms with Crippen molar-refractivity contribution in [1.29, 1.82) is 0 Å². The van der Waals surface area contributed by atoms with Crippen molar-refractivity contribution in [3.8, 4) is 0 Å². The fraction of sp³-hybridized carbons (Fsp3) is 0.300. The van der Waals surface area contributed by atoms with Crippen molar-refractivity contribution in [3.63, 3.8) is 0 Å². The van der Waals surface area contributed by atoms with E-state index < -0.39 is 4.92 Å². The number of carbonyl (C=O) groups excluding carboxylic acids is 1. The molecule has 1 amide bonds. The van der Waals surface area contributed by atoms with E-state index in [0.717, 1.165) is 0 Å². The molecular weight excluding hydrogens is 264 g/mol. The quantitative estimate of drug-likeness (QED) is 0.519. The summed E-state index contributed by atoms with van der Waals surface area (Å²) in [5, 5.41) is 13.6. The Labute approximate surface area is 108 Å². The maximum absolute atomic E-state index is 11.3. The highest BCUT2D eigenvalue weighted by atomic mass is 35.5. The van der Waals surface area contributed by atoms with Gasteiger partial charge in [-0.15, -0.1) is 11.8 Å². The highest BCUT2D eigenvalue weighted by molar-refractivity contribution is 7.98. The van der Waals surface area contributed by atoms with Gasteiger partial charge in [-0.1, -0.05) is 18.5 Å². The monoisotopic (exact) mass is 274 g/mol. The van der Waals surface area contributed by atoms with Crippen LogP contribution in [0.2, 0.25) is 5.02 Å². The molecule has 0 saturated carbocycles. The van der Waals surface area contributed by atoms with Gasteiger partial charge in [-0.2, -0.15) is 0 Å². The summed E-state index contributed by atoms with van der Waals surface area (Å²) in [6.07, 6.45) is 2.06. The number of anilines is 1. The summed E-state index contributed by atoms with van der Waals surface area (Å²) in [5.41, 5.74) is -0.0230. The fourth-order valence-electron chi connectivity index (χ4n) is 1.19. The molecule has 0 saturated heterocycles. The molecule has 1 aromatic carbocycles. The minimum Gasteiger partial charge on any atom is -0.320 e. The first-order chi connectivity index (χ1) is 7.99. The molecule has 1 rings (SSSR count). The minimum atomic E-state index is -0.568. The maximum Gasteiger partial charge on any atom is 0.294 e. The smallest absolute Gasteiger partial charge is 0.294 e. The van der Waals surface area contributed by atoms with Crippen molar-refractivity contribution < 1.29 is 9.72 Å². The molecule has 5 nitrogen and oxygen atoms in total. The number of nitro benzene ring substituents is 1. The molecule has 0 radical (unpaired) electrons. The predicted octanol–water partition coefficient (Wildman–Crippen LogP) is 3.32. The second-order valence-electron chi connectivity index (χ2n) is 3.16. The Kier molecular flexibility index (Phi) is 4.77. The van der Waals surface area contributed by atoms with Crippen molar-refractivity contribution in [2.45, 2.75) is 18.2 Å². The normalized spacial score (nSPS) is 10.1. The van der Waals surface area contributed by atoms with Crippen molar-refractivity contribution >= 4 is 40.6 Å². The lowest BCUT2D eigenvalue weighted by atomic mass is 10.2. The van der Waals surface area contributed by atoms with Crippen LogP contribution in [0.5, 0.6) is 0 Å². The van der Waals surface area contributed by atoms with Crippen LogP contribution in [0.3, 0.4) is 0 Å². The van der Waals surface area contributed by atoms with Crippen LogP contribution in [0, 0.1) is 10.1 Å². The van der Waals surface area contributed by atoms with Crippen LogP contribution >= 0.6 is 23.4 Å². The van der Waals surface area contributed by atoms with Crippen LogP contribution in [0.25, 0.3) is 0 Å². The summed E-state index contributed by atoms with van der Waals surface area (Å²) >= 11 is 7.24. The number of nitrogens with zero attached hydrogens (tertiary/aromatic N) is 1. The number of nitrogens with one attached hydrogen (secondary N) is 1. The molecule has 0 fully saturated rings. The van der Waals surface area contributed by atoms with E-state index in [4.69, 9.17) is 11.6 Å². The van der Waals surface area contributed by atoms with Crippen molar-refractivity contribution in [2.24, 2.45) is 0 Å². The molecule has 0 heterocycles. The van der Waals surface area contributed by atoms with Crippen LogP contribution in [0.15, 0.2) is 17.0 Å². The third-order valence-corrected chi connectivity index (χ3v) is 3.26. The van der Waals surface area contributed by atoms with Gasteiger partial charge >= 0.3 is 0 Å². The standard InChI is InChI=1S/C10H11ClN2O3S/c1-3-10(14)12-7-5-9(17-2)6(11)4-8(7)13(15)16/h4-5H,3H2,1-2H3,(H,12,14). The van der Waals surface area contributed by atoms with E-state index in [9.17, 15) is 14.9 Å². The molecule has 0 aliphatic rings. The Morgan fingerprint density at radius 2 is 2.24 bits per heavy atom. The van der Waals surface area contributed by atoms with E-state index in [1.54, 1.807) is 13.2 Å². The van der Waals surface area contributed by atoms with E-state index in [0.29, 0.717) is 9.92 Å². The topological polar surface area (TPSA) is 72.2 Å². The first-order valence-corrected chi connectivity index (χ1v) is 6.41. The van der Waals surface area contributed by atoms with Gasteiger partial charge in [0.25, 0.3) is 5.69 Å². The largest absolute Gasteiger partial charge is 0.320 e. The van der Waals surface area contributed by atoms with E-state index in [1.807, 2.05) is 0 Å². The lowest BCUT2D eigenvalue weighted by Gasteiger charge is -2.08. The first-order valence-electron chi connectivity index (χ1n) is 4.81. The first kappa shape index (κ1) is 13.8. The summed E-state index contributed by atoms with van der Waals surface area (Å²) in [4.78, 5) is 22.2. The number of hydrogen-bond donors (Lipinski definition) is 1. The molecule has 0 aliphatic heterocycles. The Hall–Kier alpha value is -1.27. The molecule has 17 heavy (non-hydrogen) atoms. The molecule has 0 unspecified atom stereocenters. The van der Waals surface area contributed by atoms with Crippen LogP contribution in [-0.2, 0) is 4.79 Å². The second kappa shape index (κ2) is 5.88. The molecule has 1 N–H and O–H groups in total. The van der Waals surface area contributed by atoms with Crippen LogP contribution in [0.4, 0.5) is 11.4 Å². The highest BCUT2D eigenvalue weighted by Crippen LogP contribution is 2.35. The lowest BCUT2D eigenvalue weighted by molar-refractivity contribution is -0.384. The van der Waals surface area contributed by atoms with Gasteiger partial charge in [0.15, 0.2) is 0 Å². The number of amides is 1. The lowest BCUT2D eigenvalue weighted by Crippen LogP contribution is -2.11. The number of halogens is 1. The zero-order chi connectivity index (χ0) is 13.0. The van der Waals surface area contributed by atoms with Crippen LogP contribution in [0.1, 0.15) is 13.3 Å². The van der Waals surface area contributed by atoms with E-state index in [2.05, 4.69) is 5.32 Å². The molecule has 0 bridgehead atoms. The summed E-state index contributed by atoms with van der Waals surface area (Å²) in [6.45, 7) is 1.67. The Morgan fingerprint density at radius 3 is 2.71 bits per heavy atom. The minimum absolute atomic E-state index is 0.176. The van der Waals surface area contributed by atoms with Gasteiger partial charge < -0.3 is 5.32 Å². The summed E-state index contributed by atoms with van der Waals surface area (Å²) < 4.78 is 0. The Bertz CT molecular complexity index is 465. The second-order valence-corrected chi connectivity index (χ2v) is 4.42. The SMILES string of the molecule is CCC(=O)Nc1cc(SC)c(Cl)cc1[N+](=O)[O-]. The van der Waals surface area contributed by atoms with E-state index in [1.165, 1.54) is 23.9 Å². The zero-order valence-electron chi connectivity index (χ0n) is 9.32. The van der Waals surface area contributed by atoms with Gasteiger partial charge in [-0.05, 0) is 12.3 Å². The maximum atomic E-state index is 11.3. The Balaban J connectivity index is 3.23. The summed E-state index contributed by atoms with van der Waals surface area (Å²) in [7, 11) is 0. The van der Waals surface area contributed by atoms with Crippen LogP contribution in [-0.4, -0.2) is 17.1 Å². The number of carbonyl (C=O) groups is 1. The van der Waals surface area contributed by atoms with E-state index >= 15 is 0 Å². The third-order valence-electron chi connectivity index (χ3n) is 2.06. The average Bonchev–Trinajstić information content (AvgIpc) is 2.30. The number of nitro groups is 1. The number of rotatable bonds is 4. The van der Waals surface area contributed by atoms with E-state index in [-0.39, 0.29) is 23.7 Å².